The monoisotopic (exact) mass is 595 g/mol. The maximum atomic E-state index is 13.4. The van der Waals surface area contributed by atoms with Crippen molar-refractivity contribution in [1.82, 2.24) is 5.32 Å². The number of Topliss-reactive ketones (excluding diaryl/α,β-unsaturated/α-hetero) is 1. The quantitative estimate of drug-likeness (QED) is 0.314. The molecule has 0 unspecified atom stereocenters. The summed E-state index contributed by atoms with van der Waals surface area (Å²) in [5, 5.41) is 35.2. The summed E-state index contributed by atoms with van der Waals surface area (Å²) in [4.78, 5) is 62.0. The molecule has 3 fully saturated rings. The summed E-state index contributed by atoms with van der Waals surface area (Å²) in [6.45, 7) is 3.35. The summed E-state index contributed by atoms with van der Waals surface area (Å²) in [5.41, 5.74) is -1.46. The fraction of sp³-hybridized carbons (Fsp3) is 0.606. The van der Waals surface area contributed by atoms with Crippen molar-refractivity contribution >= 4 is 29.4 Å². The van der Waals surface area contributed by atoms with E-state index in [1.165, 1.54) is 0 Å². The van der Waals surface area contributed by atoms with Crippen LogP contribution in [-0.2, 0) is 28.7 Å². The number of esters is 1. The number of benzene rings is 1. The van der Waals surface area contributed by atoms with Gasteiger partial charge in [-0.05, 0) is 73.3 Å². The number of aliphatic hydroxyl groups excluding tert-OH is 1. The van der Waals surface area contributed by atoms with Crippen LogP contribution >= 0.6 is 0 Å². The molecule has 0 bridgehead atoms. The predicted octanol–water partition coefficient (Wildman–Crippen LogP) is 3.05. The van der Waals surface area contributed by atoms with Crippen molar-refractivity contribution in [3.8, 4) is 0 Å². The summed E-state index contributed by atoms with van der Waals surface area (Å²) in [7, 11) is 0. The molecule has 0 aromatic heterocycles. The first kappa shape index (κ1) is 31.1. The first-order chi connectivity index (χ1) is 20.3. The van der Waals surface area contributed by atoms with E-state index in [0.29, 0.717) is 24.8 Å². The topological polar surface area (TPSA) is 167 Å². The Morgan fingerprint density at radius 2 is 1.77 bits per heavy atom. The maximum Gasteiger partial charge on any atom is 0.330 e. The van der Waals surface area contributed by atoms with Gasteiger partial charge < -0.3 is 25.4 Å². The number of aliphatic carboxylic acids is 1. The molecule has 0 heterocycles. The third kappa shape index (κ3) is 5.44. The second-order valence-electron chi connectivity index (χ2n) is 13.3. The van der Waals surface area contributed by atoms with Crippen LogP contribution in [0.4, 0.5) is 0 Å². The van der Waals surface area contributed by atoms with Gasteiger partial charge in [-0.2, -0.15) is 0 Å². The van der Waals surface area contributed by atoms with Crippen LogP contribution in [0.15, 0.2) is 42.0 Å². The van der Waals surface area contributed by atoms with Gasteiger partial charge in [-0.25, -0.2) is 4.79 Å². The molecule has 43 heavy (non-hydrogen) atoms. The number of carboxylic acid groups (broad SMARTS) is 1. The lowest BCUT2D eigenvalue weighted by molar-refractivity contribution is -0.184. The molecule has 1 aromatic rings. The third-order valence-corrected chi connectivity index (χ3v) is 11.1. The van der Waals surface area contributed by atoms with E-state index < -0.39 is 53.4 Å². The molecule has 10 nitrogen and oxygen atoms in total. The zero-order valence-electron chi connectivity index (χ0n) is 24.7. The van der Waals surface area contributed by atoms with E-state index in [-0.39, 0.29) is 54.6 Å². The smallest absolute Gasteiger partial charge is 0.330 e. The number of aliphatic hydroxyl groups is 2. The minimum Gasteiger partial charge on any atom is -0.479 e. The number of nitrogens with one attached hydrogen (secondary N) is 1. The molecule has 0 saturated heterocycles. The molecule has 1 aromatic carbocycles. The maximum absolute atomic E-state index is 13.4. The number of hydrogen-bond donors (Lipinski definition) is 4. The number of fused-ring (bicyclic) bond motifs is 5. The second-order valence-corrected chi connectivity index (χ2v) is 13.3. The van der Waals surface area contributed by atoms with E-state index in [2.05, 4.69) is 12.2 Å². The Bertz CT molecular complexity index is 1340. The number of carbonyl (C=O) groups excluding carboxylic acids is 4. The predicted molar refractivity (Wildman–Crippen MR) is 153 cm³/mol. The molecule has 1 amide bonds. The SMILES string of the molecule is C[C@]12CCC(=O)C=C1CC[C@H]1[C@H]2[C@@H](O)C[C@@]2(C)[C@H]1CC[C@]2(O)C(=O)COC(=O)CCC(=O)N[C@H](C(=O)O)c1ccccc1. The number of hydrogen-bond acceptors (Lipinski definition) is 8. The van der Waals surface area contributed by atoms with Crippen LogP contribution in [0.3, 0.4) is 0 Å². The number of rotatable bonds is 9. The highest BCUT2D eigenvalue weighted by Crippen LogP contribution is 2.67. The molecule has 10 heteroatoms. The number of ether oxygens (including phenoxy) is 1. The largest absolute Gasteiger partial charge is 0.479 e. The lowest BCUT2D eigenvalue weighted by Crippen LogP contribution is -2.62. The van der Waals surface area contributed by atoms with E-state index in [1.807, 2.05) is 6.92 Å². The van der Waals surface area contributed by atoms with E-state index in [0.717, 1.165) is 18.4 Å². The van der Waals surface area contributed by atoms with Crippen LogP contribution in [0, 0.1) is 28.6 Å². The Balaban J connectivity index is 1.18. The van der Waals surface area contributed by atoms with Crippen molar-refractivity contribution in [3.63, 3.8) is 0 Å². The van der Waals surface area contributed by atoms with Crippen molar-refractivity contribution in [2.24, 2.45) is 28.6 Å². The fourth-order valence-electron chi connectivity index (χ4n) is 8.87. The molecular formula is C33H41NO9. The fourth-order valence-corrected chi connectivity index (χ4v) is 8.87. The Morgan fingerprint density at radius 3 is 2.47 bits per heavy atom. The number of amides is 1. The summed E-state index contributed by atoms with van der Waals surface area (Å²) in [6.07, 6.45) is 4.07. The average Bonchev–Trinajstić information content (AvgIpc) is 3.24. The minimum absolute atomic E-state index is 0.00274. The van der Waals surface area contributed by atoms with Gasteiger partial charge in [0.2, 0.25) is 11.7 Å². The summed E-state index contributed by atoms with van der Waals surface area (Å²) >= 11 is 0. The number of ketones is 2. The van der Waals surface area contributed by atoms with Gasteiger partial charge in [-0.1, -0.05) is 49.8 Å². The third-order valence-electron chi connectivity index (χ3n) is 11.1. The lowest BCUT2D eigenvalue weighted by Gasteiger charge is -2.60. The highest BCUT2D eigenvalue weighted by atomic mass is 16.5. The van der Waals surface area contributed by atoms with Gasteiger partial charge in [-0.15, -0.1) is 0 Å². The Hall–Kier alpha value is -3.37. The molecule has 0 radical (unpaired) electrons. The Labute approximate surface area is 250 Å². The van der Waals surface area contributed by atoms with Gasteiger partial charge in [0.05, 0.1) is 12.5 Å². The molecule has 4 aliphatic rings. The highest BCUT2D eigenvalue weighted by Gasteiger charge is 2.68. The molecule has 0 spiro atoms. The van der Waals surface area contributed by atoms with Gasteiger partial charge in [0, 0.05) is 18.3 Å². The molecule has 4 aliphatic carbocycles. The molecular weight excluding hydrogens is 554 g/mol. The van der Waals surface area contributed by atoms with Crippen LogP contribution in [0.5, 0.6) is 0 Å². The van der Waals surface area contributed by atoms with Gasteiger partial charge in [0.15, 0.2) is 18.4 Å². The Morgan fingerprint density at radius 1 is 1.05 bits per heavy atom. The van der Waals surface area contributed by atoms with Crippen LogP contribution in [0.2, 0.25) is 0 Å². The number of carbonyl (C=O) groups is 5. The minimum atomic E-state index is -1.77. The van der Waals surface area contributed by atoms with Crippen molar-refractivity contribution in [3.05, 3.63) is 47.5 Å². The van der Waals surface area contributed by atoms with E-state index in [4.69, 9.17) is 4.74 Å². The summed E-state index contributed by atoms with van der Waals surface area (Å²) < 4.78 is 5.18. The molecule has 3 saturated carbocycles. The number of allylic oxidation sites excluding steroid dienone is 1. The molecule has 8 atom stereocenters. The zero-order chi connectivity index (χ0) is 31.2. The highest BCUT2D eigenvalue weighted by molar-refractivity contribution is 5.92. The van der Waals surface area contributed by atoms with E-state index in [9.17, 15) is 39.3 Å². The van der Waals surface area contributed by atoms with Gasteiger partial charge in [-0.3, -0.25) is 19.2 Å². The average molecular weight is 596 g/mol. The summed E-state index contributed by atoms with van der Waals surface area (Å²) in [6, 6.07) is 6.91. The second kappa shape index (κ2) is 11.6. The Kier molecular flexibility index (Phi) is 8.39. The standard InChI is InChI=1S/C33H41NO9/c1-31-14-12-21(35)16-20(31)8-9-22-23-13-15-33(42,32(23,2)17-24(36)28(22)31)25(37)18-43-27(39)11-10-26(38)34-29(30(40)41)19-6-4-3-5-7-19/h3-7,16,22-24,28-29,36,42H,8-15,17-18H2,1-2H3,(H,34,38)(H,40,41)/t22-,23+,24+,28+,29+,31+,32+,33+/m1/s1. The summed E-state index contributed by atoms with van der Waals surface area (Å²) in [5.74, 6) is -3.16. The van der Waals surface area contributed by atoms with Crippen molar-refractivity contribution < 1.29 is 44.0 Å². The normalized spacial score (nSPS) is 35.4. The van der Waals surface area contributed by atoms with Crippen molar-refractivity contribution in [2.45, 2.75) is 89.4 Å². The van der Waals surface area contributed by atoms with Crippen molar-refractivity contribution in [1.29, 1.82) is 0 Å². The van der Waals surface area contributed by atoms with Crippen LogP contribution < -0.4 is 5.32 Å². The molecule has 5 rings (SSSR count). The molecule has 232 valence electrons. The van der Waals surface area contributed by atoms with Crippen molar-refractivity contribution in [2.75, 3.05) is 6.61 Å². The van der Waals surface area contributed by atoms with Gasteiger partial charge >= 0.3 is 11.9 Å². The zero-order valence-corrected chi connectivity index (χ0v) is 24.7. The van der Waals surface area contributed by atoms with Crippen LogP contribution in [0.25, 0.3) is 0 Å². The van der Waals surface area contributed by atoms with E-state index in [1.54, 1.807) is 36.4 Å². The lowest BCUT2D eigenvalue weighted by atomic mass is 9.45. The van der Waals surface area contributed by atoms with Gasteiger partial charge in [0.25, 0.3) is 0 Å². The first-order valence-corrected chi connectivity index (χ1v) is 15.2. The molecule has 4 N–H and O–H groups in total. The van der Waals surface area contributed by atoms with Crippen LogP contribution in [-0.4, -0.2) is 63.0 Å². The van der Waals surface area contributed by atoms with E-state index >= 15 is 0 Å². The first-order valence-electron chi connectivity index (χ1n) is 15.2. The van der Waals surface area contributed by atoms with Crippen LogP contribution in [0.1, 0.15) is 83.2 Å². The van der Waals surface area contributed by atoms with Gasteiger partial charge in [0.1, 0.15) is 5.60 Å². The number of carboxylic acids is 1. The molecule has 0 aliphatic heterocycles.